The van der Waals surface area contributed by atoms with Gasteiger partial charge in [-0.05, 0) is 28.1 Å². The highest BCUT2D eigenvalue weighted by Gasteiger charge is 2.16. The zero-order valence-electron chi connectivity index (χ0n) is 9.70. The standard InChI is InChI=1S/C10H9BrClN5O2/c1-19-7-5(11)2-4(12)3-6(7)14-9(18)8-15-10(13)17-16-8/h2-3H,1H3,(H,14,18)(H3,13,15,16,17). The number of benzene rings is 1. The first-order chi connectivity index (χ1) is 9.01. The lowest BCUT2D eigenvalue weighted by molar-refractivity contribution is 0.101. The van der Waals surface area contributed by atoms with E-state index in [9.17, 15) is 4.79 Å². The van der Waals surface area contributed by atoms with Gasteiger partial charge < -0.3 is 15.8 Å². The van der Waals surface area contributed by atoms with Crippen LogP contribution in [0.25, 0.3) is 0 Å². The van der Waals surface area contributed by atoms with Crippen molar-refractivity contribution in [1.82, 2.24) is 15.2 Å². The number of H-pyrrole nitrogens is 1. The Hall–Kier alpha value is -1.80. The number of nitrogens with one attached hydrogen (secondary N) is 2. The molecule has 0 aliphatic heterocycles. The summed E-state index contributed by atoms with van der Waals surface area (Å²) in [5.41, 5.74) is 5.73. The van der Waals surface area contributed by atoms with Crippen LogP contribution >= 0.6 is 27.5 Å². The quantitative estimate of drug-likeness (QED) is 0.789. The number of aromatic amines is 1. The minimum atomic E-state index is -0.503. The fourth-order valence-corrected chi connectivity index (χ4v) is 2.39. The zero-order chi connectivity index (χ0) is 14.0. The van der Waals surface area contributed by atoms with Gasteiger partial charge in [-0.15, -0.1) is 5.10 Å². The van der Waals surface area contributed by atoms with E-state index < -0.39 is 5.91 Å². The molecule has 1 amide bonds. The van der Waals surface area contributed by atoms with E-state index in [4.69, 9.17) is 22.1 Å². The minimum absolute atomic E-state index is 0.00403. The highest BCUT2D eigenvalue weighted by Crippen LogP contribution is 2.36. The number of ether oxygens (including phenoxy) is 1. The molecule has 0 aliphatic carbocycles. The van der Waals surface area contributed by atoms with Gasteiger partial charge in [-0.3, -0.25) is 9.89 Å². The molecule has 0 unspecified atom stereocenters. The SMILES string of the molecule is COc1c(Br)cc(Cl)cc1NC(=O)c1nc(N)n[nH]1. The first-order valence-electron chi connectivity index (χ1n) is 5.03. The van der Waals surface area contributed by atoms with Gasteiger partial charge in [0.15, 0.2) is 5.75 Å². The molecule has 0 bridgehead atoms. The third-order valence-electron chi connectivity index (χ3n) is 2.18. The predicted molar refractivity (Wildman–Crippen MR) is 74.5 cm³/mol. The maximum atomic E-state index is 11.9. The molecule has 4 N–H and O–H groups in total. The number of aromatic nitrogens is 3. The Morgan fingerprint density at radius 1 is 1.58 bits per heavy atom. The van der Waals surface area contributed by atoms with Crippen LogP contribution < -0.4 is 15.8 Å². The van der Waals surface area contributed by atoms with Gasteiger partial charge in [0.25, 0.3) is 5.91 Å². The van der Waals surface area contributed by atoms with Gasteiger partial charge >= 0.3 is 0 Å². The van der Waals surface area contributed by atoms with Crippen LogP contribution in [0.4, 0.5) is 11.6 Å². The number of nitrogens with two attached hydrogens (primary N) is 1. The molecule has 2 aromatic rings. The molecule has 0 aliphatic rings. The minimum Gasteiger partial charge on any atom is -0.493 e. The number of carbonyl (C=O) groups is 1. The third kappa shape index (κ3) is 2.96. The second-order valence-electron chi connectivity index (χ2n) is 3.46. The van der Waals surface area contributed by atoms with Gasteiger partial charge in [0.2, 0.25) is 11.8 Å². The van der Waals surface area contributed by atoms with E-state index >= 15 is 0 Å². The molecule has 0 radical (unpaired) electrons. The average molecular weight is 347 g/mol. The van der Waals surface area contributed by atoms with Crippen molar-refractivity contribution < 1.29 is 9.53 Å². The van der Waals surface area contributed by atoms with E-state index in [2.05, 4.69) is 36.4 Å². The van der Waals surface area contributed by atoms with Crippen LogP contribution in [0.2, 0.25) is 5.02 Å². The fourth-order valence-electron chi connectivity index (χ4n) is 1.42. The van der Waals surface area contributed by atoms with Crippen molar-refractivity contribution in [2.45, 2.75) is 0 Å². The summed E-state index contributed by atoms with van der Waals surface area (Å²) in [5.74, 6) is -0.0676. The topological polar surface area (TPSA) is 106 Å². The van der Waals surface area contributed by atoms with Crippen molar-refractivity contribution in [3.05, 3.63) is 27.5 Å². The van der Waals surface area contributed by atoms with Gasteiger partial charge in [0.05, 0.1) is 17.3 Å². The van der Waals surface area contributed by atoms with Crippen molar-refractivity contribution in [1.29, 1.82) is 0 Å². The van der Waals surface area contributed by atoms with Crippen LogP contribution in [0.5, 0.6) is 5.75 Å². The molecule has 2 rings (SSSR count). The maximum Gasteiger partial charge on any atom is 0.293 e. The molecule has 0 spiro atoms. The smallest absolute Gasteiger partial charge is 0.293 e. The lowest BCUT2D eigenvalue weighted by Crippen LogP contribution is -2.14. The number of hydrogen-bond donors (Lipinski definition) is 3. The zero-order valence-corrected chi connectivity index (χ0v) is 12.0. The van der Waals surface area contributed by atoms with E-state index in [0.717, 1.165) is 0 Å². The van der Waals surface area contributed by atoms with Gasteiger partial charge in [0.1, 0.15) is 0 Å². The second-order valence-corrected chi connectivity index (χ2v) is 4.76. The average Bonchev–Trinajstić information content (AvgIpc) is 2.75. The summed E-state index contributed by atoms with van der Waals surface area (Å²) >= 11 is 9.21. The number of amides is 1. The first-order valence-corrected chi connectivity index (χ1v) is 6.20. The number of nitrogens with zero attached hydrogens (tertiary/aromatic N) is 2. The van der Waals surface area contributed by atoms with Crippen LogP contribution in [0.15, 0.2) is 16.6 Å². The van der Waals surface area contributed by atoms with Gasteiger partial charge in [-0.25, -0.2) is 0 Å². The van der Waals surface area contributed by atoms with Crippen molar-refractivity contribution in [3.8, 4) is 5.75 Å². The normalized spacial score (nSPS) is 10.3. The van der Waals surface area contributed by atoms with Crippen molar-refractivity contribution in [2.24, 2.45) is 0 Å². The molecule has 9 heteroatoms. The van der Waals surface area contributed by atoms with Crippen LogP contribution in [-0.4, -0.2) is 28.2 Å². The van der Waals surface area contributed by atoms with Gasteiger partial charge in [-0.2, -0.15) is 4.98 Å². The molecular weight excluding hydrogens is 338 g/mol. The summed E-state index contributed by atoms with van der Waals surface area (Å²) in [6.07, 6.45) is 0. The Balaban J connectivity index is 2.30. The summed E-state index contributed by atoms with van der Waals surface area (Å²) in [7, 11) is 1.48. The van der Waals surface area contributed by atoms with E-state index in [1.54, 1.807) is 12.1 Å². The maximum absolute atomic E-state index is 11.9. The van der Waals surface area contributed by atoms with Crippen molar-refractivity contribution >= 4 is 45.1 Å². The molecule has 1 heterocycles. The molecule has 0 fully saturated rings. The molecule has 7 nitrogen and oxygen atoms in total. The number of carbonyl (C=O) groups excluding carboxylic acids is 1. The van der Waals surface area contributed by atoms with E-state index in [1.807, 2.05) is 0 Å². The van der Waals surface area contributed by atoms with Crippen LogP contribution in [-0.2, 0) is 0 Å². The molecular formula is C10H9BrClN5O2. The van der Waals surface area contributed by atoms with Crippen molar-refractivity contribution in [2.75, 3.05) is 18.2 Å². The molecule has 19 heavy (non-hydrogen) atoms. The summed E-state index contributed by atoms with van der Waals surface area (Å²) in [5, 5.41) is 9.03. The lowest BCUT2D eigenvalue weighted by atomic mass is 10.3. The Morgan fingerprint density at radius 2 is 2.32 bits per heavy atom. The number of hydrogen-bond acceptors (Lipinski definition) is 5. The number of rotatable bonds is 3. The highest BCUT2D eigenvalue weighted by molar-refractivity contribution is 9.10. The van der Waals surface area contributed by atoms with Crippen LogP contribution in [0.3, 0.4) is 0 Å². The summed E-state index contributed by atoms with van der Waals surface area (Å²) in [6, 6.07) is 3.21. The van der Waals surface area contributed by atoms with Crippen LogP contribution in [0, 0.1) is 0 Å². The van der Waals surface area contributed by atoms with Crippen LogP contribution in [0.1, 0.15) is 10.6 Å². The Kier molecular flexibility index (Phi) is 3.91. The number of methoxy groups -OCH3 is 1. The summed E-state index contributed by atoms with van der Waals surface area (Å²) in [6.45, 7) is 0. The fraction of sp³-hybridized carbons (Fsp3) is 0.100. The Morgan fingerprint density at radius 3 is 2.89 bits per heavy atom. The molecule has 0 atom stereocenters. The Labute approximate surface area is 121 Å². The second kappa shape index (κ2) is 5.45. The summed E-state index contributed by atoms with van der Waals surface area (Å²) < 4.78 is 5.80. The molecule has 0 saturated carbocycles. The molecule has 1 aromatic carbocycles. The largest absolute Gasteiger partial charge is 0.493 e. The summed E-state index contributed by atoms with van der Waals surface area (Å²) in [4.78, 5) is 15.6. The van der Waals surface area contributed by atoms with E-state index in [0.29, 0.717) is 20.9 Å². The number of nitrogen functional groups attached to an aromatic ring is 1. The number of anilines is 2. The molecule has 100 valence electrons. The van der Waals surface area contributed by atoms with E-state index in [-0.39, 0.29) is 11.8 Å². The van der Waals surface area contributed by atoms with Gasteiger partial charge in [-0.1, -0.05) is 11.6 Å². The van der Waals surface area contributed by atoms with E-state index in [1.165, 1.54) is 7.11 Å². The predicted octanol–water partition coefficient (Wildman–Crippen LogP) is 2.06. The number of halogens is 2. The Bertz CT molecular complexity index is 630. The highest BCUT2D eigenvalue weighted by atomic mass is 79.9. The van der Waals surface area contributed by atoms with Crippen molar-refractivity contribution in [3.63, 3.8) is 0 Å². The monoisotopic (exact) mass is 345 g/mol. The van der Waals surface area contributed by atoms with Gasteiger partial charge in [0, 0.05) is 5.02 Å². The molecule has 1 aromatic heterocycles. The third-order valence-corrected chi connectivity index (χ3v) is 2.99. The lowest BCUT2D eigenvalue weighted by Gasteiger charge is -2.11. The first kappa shape index (κ1) is 13.6. The molecule has 0 saturated heterocycles.